The lowest BCUT2D eigenvalue weighted by atomic mass is 10.1. The fourth-order valence-corrected chi connectivity index (χ4v) is 5.65. The molecule has 0 N–H and O–H groups in total. The molecule has 1 aliphatic carbocycles. The fourth-order valence-electron chi connectivity index (χ4n) is 3.98. The number of sulfone groups is 1. The molecular formula is C21H25F2NO2S. The third-order valence-electron chi connectivity index (χ3n) is 5.18. The summed E-state index contributed by atoms with van der Waals surface area (Å²) in [5.74, 6) is -0.400. The standard InChI is InChI=1S/C21H25F2NO2S/c1-24(2)13-15-3-4-16(11-15)14-27(25,26)19-8-5-17(6-9-19)20-10-7-18(22)12-21(20)23/h5-10,12,15-16H,3-4,11,13-14H2,1-2H3. The number of hydrogen-bond donors (Lipinski definition) is 0. The van der Waals surface area contributed by atoms with Crippen molar-refractivity contribution in [2.45, 2.75) is 24.2 Å². The molecule has 2 aromatic rings. The largest absolute Gasteiger partial charge is 0.309 e. The number of halogens is 2. The topological polar surface area (TPSA) is 37.4 Å². The molecule has 0 saturated heterocycles. The van der Waals surface area contributed by atoms with Crippen molar-refractivity contribution in [2.75, 3.05) is 26.4 Å². The molecule has 0 spiro atoms. The van der Waals surface area contributed by atoms with Crippen molar-refractivity contribution < 1.29 is 17.2 Å². The fraction of sp³-hybridized carbons (Fsp3) is 0.429. The average Bonchev–Trinajstić information content (AvgIpc) is 3.00. The summed E-state index contributed by atoms with van der Waals surface area (Å²) in [5.41, 5.74) is 0.779. The lowest BCUT2D eigenvalue weighted by Crippen LogP contribution is -2.21. The molecule has 2 unspecified atom stereocenters. The van der Waals surface area contributed by atoms with Gasteiger partial charge in [-0.05, 0) is 75.0 Å². The van der Waals surface area contributed by atoms with Crippen LogP contribution in [0.4, 0.5) is 8.78 Å². The van der Waals surface area contributed by atoms with Gasteiger partial charge in [0.05, 0.1) is 10.6 Å². The highest BCUT2D eigenvalue weighted by Gasteiger charge is 2.29. The zero-order valence-corrected chi connectivity index (χ0v) is 16.5. The highest BCUT2D eigenvalue weighted by atomic mass is 32.2. The van der Waals surface area contributed by atoms with Crippen LogP contribution in [0.15, 0.2) is 47.4 Å². The maximum atomic E-state index is 13.9. The molecule has 0 heterocycles. The van der Waals surface area contributed by atoms with Crippen molar-refractivity contribution in [3.05, 3.63) is 54.1 Å². The highest BCUT2D eigenvalue weighted by Crippen LogP contribution is 2.33. The minimum absolute atomic E-state index is 0.154. The Labute approximate surface area is 159 Å². The number of benzene rings is 2. The Hall–Kier alpha value is -1.79. The Morgan fingerprint density at radius 2 is 1.67 bits per heavy atom. The first-order valence-corrected chi connectivity index (χ1v) is 10.8. The van der Waals surface area contributed by atoms with E-state index in [-0.39, 0.29) is 22.1 Å². The quantitative estimate of drug-likeness (QED) is 0.731. The van der Waals surface area contributed by atoms with Gasteiger partial charge in [0.2, 0.25) is 0 Å². The van der Waals surface area contributed by atoms with Gasteiger partial charge in [0.15, 0.2) is 9.84 Å². The molecule has 146 valence electrons. The highest BCUT2D eigenvalue weighted by molar-refractivity contribution is 7.91. The van der Waals surface area contributed by atoms with Gasteiger partial charge in [0, 0.05) is 18.2 Å². The lowest BCUT2D eigenvalue weighted by molar-refractivity contribution is 0.324. The molecule has 1 aliphatic rings. The molecule has 3 nitrogen and oxygen atoms in total. The van der Waals surface area contributed by atoms with Crippen molar-refractivity contribution in [1.82, 2.24) is 4.90 Å². The molecule has 27 heavy (non-hydrogen) atoms. The lowest BCUT2D eigenvalue weighted by Gasteiger charge is -2.16. The van der Waals surface area contributed by atoms with Crippen LogP contribution in [0.5, 0.6) is 0 Å². The van der Waals surface area contributed by atoms with E-state index in [2.05, 4.69) is 4.90 Å². The normalized spacial score (nSPS) is 20.3. The van der Waals surface area contributed by atoms with Crippen molar-refractivity contribution >= 4 is 9.84 Å². The zero-order valence-electron chi connectivity index (χ0n) is 15.7. The van der Waals surface area contributed by atoms with Crippen LogP contribution in [0.3, 0.4) is 0 Å². The van der Waals surface area contributed by atoms with Crippen LogP contribution in [0.2, 0.25) is 0 Å². The van der Waals surface area contributed by atoms with Crippen LogP contribution in [0.1, 0.15) is 19.3 Å². The molecule has 1 saturated carbocycles. The Bertz CT molecular complexity index is 895. The van der Waals surface area contributed by atoms with Crippen molar-refractivity contribution in [1.29, 1.82) is 0 Å². The van der Waals surface area contributed by atoms with Crippen LogP contribution >= 0.6 is 0 Å². The Balaban J connectivity index is 1.70. The summed E-state index contributed by atoms with van der Waals surface area (Å²) in [6, 6.07) is 9.55. The molecule has 0 aliphatic heterocycles. The summed E-state index contributed by atoms with van der Waals surface area (Å²) in [5, 5.41) is 0. The van der Waals surface area contributed by atoms with E-state index in [0.29, 0.717) is 11.5 Å². The summed E-state index contributed by atoms with van der Waals surface area (Å²) < 4.78 is 52.4. The van der Waals surface area contributed by atoms with Crippen LogP contribution in [-0.2, 0) is 9.84 Å². The second-order valence-corrected chi connectivity index (χ2v) is 9.77. The van der Waals surface area contributed by atoms with E-state index in [1.165, 1.54) is 24.3 Å². The summed E-state index contributed by atoms with van der Waals surface area (Å²) in [4.78, 5) is 2.40. The maximum absolute atomic E-state index is 13.9. The third-order valence-corrected chi connectivity index (χ3v) is 7.08. The molecule has 0 amide bonds. The smallest absolute Gasteiger partial charge is 0.178 e. The molecule has 0 aromatic heterocycles. The van der Waals surface area contributed by atoms with E-state index >= 15 is 0 Å². The van der Waals surface area contributed by atoms with Crippen molar-refractivity contribution in [2.24, 2.45) is 11.8 Å². The Morgan fingerprint density at radius 3 is 2.30 bits per heavy atom. The monoisotopic (exact) mass is 393 g/mol. The van der Waals surface area contributed by atoms with Gasteiger partial charge in [-0.15, -0.1) is 0 Å². The van der Waals surface area contributed by atoms with E-state index < -0.39 is 21.5 Å². The van der Waals surface area contributed by atoms with Crippen LogP contribution in [0.25, 0.3) is 11.1 Å². The van der Waals surface area contributed by atoms with Gasteiger partial charge in [0.1, 0.15) is 11.6 Å². The Morgan fingerprint density at radius 1 is 1.00 bits per heavy atom. The van der Waals surface area contributed by atoms with E-state index in [1.807, 2.05) is 14.1 Å². The summed E-state index contributed by atoms with van der Waals surface area (Å²) in [6.45, 7) is 0.995. The minimum Gasteiger partial charge on any atom is -0.309 e. The molecule has 1 fully saturated rings. The van der Waals surface area contributed by atoms with E-state index in [1.54, 1.807) is 12.1 Å². The second-order valence-electron chi connectivity index (χ2n) is 7.74. The molecule has 0 bridgehead atoms. The predicted molar refractivity (Wildman–Crippen MR) is 103 cm³/mol. The summed E-state index contributed by atoms with van der Waals surface area (Å²) >= 11 is 0. The summed E-state index contributed by atoms with van der Waals surface area (Å²) in [7, 11) is 0.696. The van der Waals surface area contributed by atoms with Crippen LogP contribution in [0, 0.1) is 23.5 Å². The number of nitrogens with zero attached hydrogens (tertiary/aromatic N) is 1. The van der Waals surface area contributed by atoms with Gasteiger partial charge in [-0.3, -0.25) is 0 Å². The zero-order chi connectivity index (χ0) is 19.6. The number of hydrogen-bond acceptors (Lipinski definition) is 3. The van der Waals surface area contributed by atoms with Crippen LogP contribution < -0.4 is 0 Å². The first kappa shape index (κ1) is 20.0. The molecule has 6 heteroatoms. The molecular weight excluding hydrogens is 368 g/mol. The number of rotatable bonds is 6. The minimum atomic E-state index is -3.38. The second kappa shape index (κ2) is 8.07. The van der Waals surface area contributed by atoms with Gasteiger partial charge in [-0.2, -0.15) is 0 Å². The third kappa shape index (κ3) is 4.93. The van der Waals surface area contributed by atoms with E-state index in [9.17, 15) is 17.2 Å². The van der Waals surface area contributed by atoms with Gasteiger partial charge in [-0.25, -0.2) is 17.2 Å². The molecule has 2 aromatic carbocycles. The predicted octanol–water partition coefficient (Wildman–Crippen LogP) is 4.38. The Kier molecular flexibility index (Phi) is 5.96. The van der Waals surface area contributed by atoms with E-state index in [4.69, 9.17) is 0 Å². The SMILES string of the molecule is CN(C)CC1CCC(CS(=O)(=O)c2ccc(-c3ccc(F)cc3F)cc2)C1. The van der Waals surface area contributed by atoms with Gasteiger partial charge in [-0.1, -0.05) is 12.1 Å². The first-order chi connectivity index (χ1) is 12.7. The maximum Gasteiger partial charge on any atom is 0.178 e. The van der Waals surface area contributed by atoms with Gasteiger partial charge >= 0.3 is 0 Å². The van der Waals surface area contributed by atoms with Crippen molar-refractivity contribution in [3.8, 4) is 11.1 Å². The molecule has 0 radical (unpaired) electrons. The van der Waals surface area contributed by atoms with Crippen molar-refractivity contribution in [3.63, 3.8) is 0 Å². The first-order valence-electron chi connectivity index (χ1n) is 9.17. The van der Waals surface area contributed by atoms with E-state index in [0.717, 1.165) is 31.9 Å². The van der Waals surface area contributed by atoms with Gasteiger partial charge < -0.3 is 4.90 Å². The molecule has 2 atom stereocenters. The van der Waals surface area contributed by atoms with Gasteiger partial charge in [0.25, 0.3) is 0 Å². The van der Waals surface area contributed by atoms with Crippen LogP contribution in [-0.4, -0.2) is 39.7 Å². The average molecular weight is 393 g/mol. The summed E-state index contributed by atoms with van der Waals surface area (Å²) in [6.07, 6.45) is 2.95. The molecule has 3 rings (SSSR count).